The fourth-order valence-corrected chi connectivity index (χ4v) is 2.88. The van der Waals surface area contributed by atoms with Crippen molar-refractivity contribution in [3.63, 3.8) is 0 Å². The van der Waals surface area contributed by atoms with Crippen molar-refractivity contribution in [1.82, 2.24) is 14.9 Å². The molecule has 0 aliphatic rings. The van der Waals surface area contributed by atoms with Crippen LogP contribution in [0.1, 0.15) is 45.9 Å². The summed E-state index contributed by atoms with van der Waals surface area (Å²) in [7, 11) is 0. The lowest BCUT2D eigenvalue weighted by molar-refractivity contribution is 0.448. The van der Waals surface area contributed by atoms with Crippen molar-refractivity contribution in [1.29, 1.82) is 0 Å². The molecule has 3 nitrogen and oxygen atoms in total. The van der Waals surface area contributed by atoms with Gasteiger partial charge in [-0.25, -0.2) is 4.98 Å². The van der Waals surface area contributed by atoms with E-state index in [4.69, 9.17) is 4.98 Å². The van der Waals surface area contributed by atoms with Crippen molar-refractivity contribution < 1.29 is 0 Å². The summed E-state index contributed by atoms with van der Waals surface area (Å²) in [5, 5.41) is 3.55. The predicted molar refractivity (Wildman–Crippen MR) is 86.1 cm³/mol. The molecule has 1 atom stereocenters. The Labute approximate surface area is 122 Å². The lowest BCUT2D eigenvalue weighted by Crippen LogP contribution is -2.28. The van der Waals surface area contributed by atoms with Crippen LogP contribution in [0.3, 0.4) is 0 Å². The first-order valence-corrected chi connectivity index (χ1v) is 7.97. The second kappa shape index (κ2) is 7.44. The number of benzene rings is 1. The molecule has 0 saturated carbocycles. The van der Waals surface area contributed by atoms with Gasteiger partial charge in [-0.3, -0.25) is 0 Å². The Kier molecular flexibility index (Phi) is 5.60. The van der Waals surface area contributed by atoms with Crippen molar-refractivity contribution in [3.8, 4) is 0 Å². The fourth-order valence-electron chi connectivity index (χ4n) is 2.88. The van der Waals surface area contributed by atoms with Gasteiger partial charge in [-0.2, -0.15) is 0 Å². The molecule has 3 heteroatoms. The van der Waals surface area contributed by atoms with Gasteiger partial charge < -0.3 is 9.88 Å². The smallest absolute Gasteiger partial charge is 0.109 e. The molecule has 0 aliphatic heterocycles. The van der Waals surface area contributed by atoms with Crippen molar-refractivity contribution in [3.05, 3.63) is 30.1 Å². The second-order valence-corrected chi connectivity index (χ2v) is 5.33. The second-order valence-electron chi connectivity index (χ2n) is 5.33. The highest BCUT2D eigenvalue weighted by atomic mass is 15.1. The van der Waals surface area contributed by atoms with Crippen LogP contribution in [0, 0.1) is 0 Å². The molecule has 1 N–H and O–H groups in total. The molecule has 0 bridgehead atoms. The Balaban J connectivity index is 2.05. The minimum Gasteiger partial charge on any atom is -0.328 e. The van der Waals surface area contributed by atoms with E-state index in [0.717, 1.165) is 25.0 Å². The summed E-state index contributed by atoms with van der Waals surface area (Å²) >= 11 is 0. The number of para-hydroxylation sites is 2. The van der Waals surface area contributed by atoms with E-state index in [-0.39, 0.29) is 0 Å². The summed E-state index contributed by atoms with van der Waals surface area (Å²) in [4.78, 5) is 4.73. The van der Waals surface area contributed by atoms with E-state index in [0.29, 0.717) is 6.04 Å². The van der Waals surface area contributed by atoms with Gasteiger partial charge in [0.25, 0.3) is 0 Å². The van der Waals surface area contributed by atoms with E-state index >= 15 is 0 Å². The molecule has 0 saturated heterocycles. The number of imidazole rings is 1. The lowest BCUT2D eigenvalue weighted by Gasteiger charge is -2.16. The van der Waals surface area contributed by atoms with Gasteiger partial charge in [0.2, 0.25) is 0 Å². The molecule has 2 aromatic rings. The molecular weight excluding hydrogens is 246 g/mol. The quantitative estimate of drug-likeness (QED) is 0.793. The normalized spacial score (nSPS) is 12.9. The molecule has 2 rings (SSSR count). The van der Waals surface area contributed by atoms with E-state index in [1.165, 1.54) is 30.6 Å². The first-order valence-electron chi connectivity index (χ1n) is 7.97. The van der Waals surface area contributed by atoms with Gasteiger partial charge in [0.15, 0.2) is 0 Å². The zero-order valence-corrected chi connectivity index (χ0v) is 13.0. The molecule has 1 unspecified atom stereocenters. The SMILES string of the molecule is CCNC(CC)CCCn1c(CC)nc2ccccc21. The Morgan fingerprint density at radius 2 is 2.00 bits per heavy atom. The summed E-state index contributed by atoms with van der Waals surface area (Å²) in [5.74, 6) is 1.21. The van der Waals surface area contributed by atoms with Crippen molar-refractivity contribution >= 4 is 11.0 Å². The zero-order valence-electron chi connectivity index (χ0n) is 13.0. The third kappa shape index (κ3) is 3.40. The summed E-state index contributed by atoms with van der Waals surface area (Å²) < 4.78 is 2.40. The van der Waals surface area contributed by atoms with Crippen LogP contribution in [0.15, 0.2) is 24.3 Å². The topological polar surface area (TPSA) is 29.9 Å². The van der Waals surface area contributed by atoms with E-state index in [1.54, 1.807) is 0 Å². The highest BCUT2D eigenvalue weighted by Crippen LogP contribution is 2.17. The molecule has 0 radical (unpaired) electrons. The predicted octanol–water partition coefficient (Wildman–Crippen LogP) is 3.77. The summed E-state index contributed by atoms with van der Waals surface area (Å²) in [6.45, 7) is 8.77. The van der Waals surface area contributed by atoms with Crippen LogP contribution in [0.2, 0.25) is 0 Å². The molecule has 0 fully saturated rings. The summed E-state index contributed by atoms with van der Waals surface area (Å²) in [6, 6.07) is 9.12. The Morgan fingerprint density at radius 1 is 1.20 bits per heavy atom. The highest BCUT2D eigenvalue weighted by Gasteiger charge is 2.09. The third-order valence-electron chi connectivity index (χ3n) is 3.97. The Morgan fingerprint density at radius 3 is 2.70 bits per heavy atom. The highest BCUT2D eigenvalue weighted by molar-refractivity contribution is 5.75. The van der Waals surface area contributed by atoms with Gasteiger partial charge in [0, 0.05) is 19.0 Å². The largest absolute Gasteiger partial charge is 0.328 e. The number of hydrogen-bond acceptors (Lipinski definition) is 2. The number of fused-ring (bicyclic) bond motifs is 1. The van der Waals surface area contributed by atoms with Gasteiger partial charge in [-0.05, 0) is 37.9 Å². The lowest BCUT2D eigenvalue weighted by atomic mass is 10.1. The van der Waals surface area contributed by atoms with Gasteiger partial charge in [-0.15, -0.1) is 0 Å². The average Bonchev–Trinajstić information content (AvgIpc) is 2.84. The minimum atomic E-state index is 0.653. The van der Waals surface area contributed by atoms with Crippen LogP contribution in [0.25, 0.3) is 11.0 Å². The summed E-state index contributed by atoms with van der Waals surface area (Å²) in [6.07, 6.45) is 4.65. The van der Waals surface area contributed by atoms with Crippen LogP contribution < -0.4 is 5.32 Å². The van der Waals surface area contributed by atoms with Gasteiger partial charge in [0.05, 0.1) is 11.0 Å². The number of rotatable bonds is 8. The third-order valence-corrected chi connectivity index (χ3v) is 3.97. The summed E-state index contributed by atoms with van der Waals surface area (Å²) in [5.41, 5.74) is 2.41. The first-order chi connectivity index (χ1) is 9.80. The molecular formula is C17H27N3. The fraction of sp³-hybridized carbons (Fsp3) is 0.588. The molecule has 1 aromatic carbocycles. The number of nitrogens with zero attached hydrogens (tertiary/aromatic N) is 2. The minimum absolute atomic E-state index is 0.653. The number of nitrogens with one attached hydrogen (secondary N) is 1. The van der Waals surface area contributed by atoms with Crippen LogP contribution in [0.5, 0.6) is 0 Å². The van der Waals surface area contributed by atoms with Crippen molar-refractivity contribution in [2.24, 2.45) is 0 Å². The Hall–Kier alpha value is -1.35. The molecule has 1 aromatic heterocycles. The average molecular weight is 273 g/mol. The number of hydrogen-bond donors (Lipinski definition) is 1. The maximum Gasteiger partial charge on any atom is 0.109 e. The molecule has 20 heavy (non-hydrogen) atoms. The van der Waals surface area contributed by atoms with Crippen LogP contribution in [-0.4, -0.2) is 22.1 Å². The standard InChI is InChI=1S/C17H27N3/c1-4-14(18-6-3)10-9-13-20-16-12-8-7-11-15(16)19-17(20)5-2/h7-8,11-12,14,18H,4-6,9-10,13H2,1-3H3. The van der Waals surface area contributed by atoms with Crippen LogP contribution in [0.4, 0.5) is 0 Å². The molecule has 0 amide bonds. The van der Waals surface area contributed by atoms with Crippen LogP contribution in [-0.2, 0) is 13.0 Å². The Bertz CT molecular complexity index is 530. The van der Waals surface area contributed by atoms with Crippen LogP contribution >= 0.6 is 0 Å². The van der Waals surface area contributed by atoms with E-state index in [9.17, 15) is 0 Å². The van der Waals surface area contributed by atoms with Gasteiger partial charge >= 0.3 is 0 Å². The van der Waals surface area contributed by atoms with E-state index < -0.39 is 0 Å². The number of aromatic nitrogens is 2. The zero-order chi connectivity index (χ0) is 14.4. The van der Waals surface area contributed by atoms with Crippen molar-refractivity contribution in [2.45, 2.75) is 59.0 Å². The molecule has 110 valence electrons. The van der Waals surface area contributed by atoms with Gasteiger partial charge in [0.1, 0.15) is 5.82 Å². The number of aryl methyl sites for hydroxylation is 2. The maximum absolute atomic E-state index is 4.73. The van der Waals surface area contributed by atoms with E-state index in [2.05, 4.69) is 54.9 Å². The first kappa shape index (κ1) is 15.0. The maximum atomic E-state index is 4.73. The van der Waals surface area contributed by atoms with E-state index in [1.807, 2.05) is 0 Å². The molecule has 0 aliphatic carbocycles. The van der Waals surface area contributed by atoms with Gasteiger partial charge in [-0.1, -0.05) is 32.9 Å². The molecule has 0 spiro atoms. The molecule has 1 heterocycles. The van der Waals surface area contributed by atoms with Crippen molar-refractivity contribution in [2.75, 3.05) is 6.54 Å². The monoisotopic (exact) mass is 273 g/mol.